The molecular formula is C16H19N3O5. The standard InChI is InChI=1S/C16H19N3O5/c1-18-10-14(21)19(16(18)23)9-5-8-15(22)24-11-13(20)17-12-6-3-2-4-7-12/h2-4,6-7H,5,8-11H2,1H3,(H,17,20). The molecule has 0 bridgehead atoms. The van der Waals surface area contributed by atoms with Crippen LogP contribution in [-0.2, 0) is 19.1 Å². The quantitative estimate of drug-likeness (QED) is 0.589. The summed E-state index contributed by atoms with van der Waals surface area (Å²) in [5.41, 5.74) is 0.619. The molecule has 24 heavy (non-hydrogen) atoms. The van der Waals surface area contributed by atoms with E-state index in [0.29, 0.717) is 12.1 Å². The third-order valence-corrected chi connectivity index (χ3v) is 3.42. The van der Waals surface area contributed by atoms with Crippen molar-refractivity contribution in [1.82, 2.24) is 9.80 Å². The lowest BCUT2D eigenvalue weighted by atomic mass is 10.3. The van der Waals surface area contributed by atoms with E-state index in [9.17, 15) is 19.2 Å². The van der Waals surface area contributed by atoms with Gasteiger partial charge in [-0.15, -0.1) is 0 Å². The van der Waals surface area contributed by atoms with E-state index in [1.165, 1.54) is 4.90 Å². The highest BCUT2D eigenvalue weighted by atomic mass is 16.5. The van der Waals surface area contributed by atoms with Crippen LogP contribution in [0.3, 0.4) is 0 Å². The monoisotopic (exact) mass is 333 g/mol. The van der Waals surface area contributed by atoms with Crippen LogP contribution in [0.4, 0.5) is 10.5 Å². The highest BCUT2D eigenvalue weighted by Gasteiger charge is 2.32. The smallest absolute Gasteiger partial charge is 0.326 e. The Bertz CT molecular complexity index is 632. The molecule has 0 atom stereocenters. The lowest BCUT2D eigenvalue weighted by Crippen LogP contribution is -2.32. The van der Waals surface area contributed by atoms with Crippen LogP contribution in [0.25, 0.3) is 0 Å². The van der Waals surface area contributed by atoms with E-state index in [1.807, 2.05) is 6.07 Å². The average molecular weight is 333 g/mol. The van der Waals surface area contributed by atoms with Crippen molar-refractivity contribution in [3.05, 3.63) is 30.3 Å². The number of para-hydroxylation sites is 1. The Labute approximate surface area is 139 Å². The number of anilines is 1. The molecule has 1 aromatic carbocycles. The number of nitrogens with one attached hydrogen (secondary N) is 1. The lowest BCUT2D eigenvalue weighted by Gasteiger charge is -2.13. The van der Waals surface area contributed by atoms with Crippen molar-refractivity contribution in [2.45, 2.75) is 12.8 Å². The topological polar surface area (TPSA) is 96.0 Å². The summed E-state index contributed by atoms with van der Waals surface area (Å²) in [4.78, 5) is 48.8. The number of hydrogen-bond donors (Lipinski definition) is 1. The molecule has 0 aliphatic carbocycles. The molecule has 8 heteroatoms. The molecule has 8 nitrogen and oxygen atoms in total. The van der Waals surface area contributed by atoms with Gasteiger partial charge in [-0.25, -0.2) is 4.79 Å². The summed E-state index contributed by atoms with van der Waals surface area (Å²) in [6.07, 6.45) is 0.323. The number of imide groups is 1. The van der Waals surface area contributed by atoms with Gasteiger partial charge < -0.3 is 15.0 Å². The van der Waals surface area contributed by atoms with Crippen LogP contribution in [-0.4, -0.2) is 60.4 Å². The first-order chi connectivity index (χ1) is 11.5. The molecule has 1 aliphatic rings. The number of urea groups is 1. The Balaban J connectivity index is 1.64. The number of amides is 4. The molecule has 0 saturated carbocycles. The average Bonchev–Trinajstić information content (AvgIpc) is 2.80. The number of esters is 1. The maximum Gasteiger partial charge on any atom is 0.326 e. The molecule has 1 N–H and O–H groups in total. The number of likely N-dealkylation sites (N-methyl/N-ethyl adjacent to an activating group) is 1. The van der Waals surface area contributed by atoms with Gasteiger partial charge in [0.2, 0.25) is 5.91 Å². The first kappa shape index (κ1) is 17.5. The fraction of sp³-hybridized carbons (Fsp3) is 0.375. The van der Waals surface area contributed by atoms with Crippen LogP contribution < -0.4 is 5.32 Å². The Hall–Kier alpha value is -2.90. The van der Waals surface area contributed by atoms with Crippen LogP contribution in [0.5, 0.6) is 0 Å². The van der Waals surface area contributed by atoms with E-state index in [2.05, 4.69) is 5.32 Å². The first-order valence-electron chi connectivity index (χ1n) is 7.53. The molecule has 1 fully saturated rings. The number of carbonyl (C=O) groups excluding carboxylic acids is 4. The van der Waals surface area contributed by atoms with E-state index in [4.69, 9.17) is 4.74 Å². The summed E-state index contributed by atoms with van der Waals surface area (Å²) >= 11 is 0. The molecule has 0 aromatic heterocycles. The Kier molecular flexibility index (Phi) is 5.89. The largest absolute Gasteiger partial charge is 0.456 e. The van der Waals surface area contributed by atoms with Gasteiger partial charge in [0.05, 0.1) is 0 Å². The van der Waals surface area contributed by atoms with Crippen molar-refractivity contribution in [2.75, 3.05) is 32.1 Å². The summed E-state index contributed by atoms with van der Waals surface area (Å²) in [6.45, 7) is -0.158. The van der Waals surface area contributed by atoms with Gasteiger partial charge in [0.25, 0.3) is 5.91 Å². The Morgan fingerprint density at radius 1 is 1.21 bits per heavy atom. The molecule has 1 heterocycles. The number of benzene rings is 1. The molecule has 4 amide bonds. The SMILES string of the molecule is CN1CC(=O)N(CCCC(=O)OCC(=O)Nc2ccccc2)C1=O. The summed E-state index contributed by atoms with van der Waals surface area (Å²) in [5.74, 6) is -1.26. The summed E-state index contributed by atoms with van der Waals surface area (Å²) in [7, 11) is 1.54. The molecule has 1 aliphatic heterocycles. The third kappa shape index (κ3) is 4.80. The fourth-order valence-corrected chi connectivity index (χ4v) is 2.21. The second kappa shape index (κ2) is 8.09. The van der Waals surface area contributed by atoms with Crippen LogP contribution in [0, 0.1) is 0 Å². The number of rotatable bonds is 7. The second-order valence-corrected chi connectivity index (χ2v) is 5.36. The van der Waals surface area contributed by atoms with Gasteiger partial charge >= 0.3 is 12.0 Å². The summed E-state index contributed by atoms with van der Waals surface area (Å²) < 4.78 is 4.87. The minimum Gasteiger partial charge on any atom is -0.456 e. The minimum atomic E-state index is -0.550. The minimum absolute atomic E-state index is 0.0272. The Morgan fingerprint density at radius 3 is 2.54 bits per heavy atom. The van der Waals surface area contributed by atoms with Crippen LogP contribution in [0.15, 0.2) is 30.3 Å². The molecule has 0 radical (unpaired) electrons. The summed E-state index contributed by atoms with van der Waals surface area (Å²) in [6, 6.07) is 8.46. The van der Waals surface area contributed by atoms with Gasteiger partial charge in [-0.2, -0.15) is 0 Å². The third-order valence-electron chi connectivity index (χ3n) is 3.42. The number of ether oxygens (including phenoxy) is 1. The zero-order valence-electron chi connectivity index (χ0n) is 13.4. The van der Waals surface area contributed by atoms with Crippen molar-refractivity contribution in [2.24, 2.45) is 0 Å². The van der Waals surface area contributed by atoms with E-state index in [0.717, 1.165) is 4.90 Å². The fourth-order valence-electron chi connectivity index (χ4n) is 2.21. The normalized spacial score (nSPS) is 14.0. The van der Waals surface area contributed by atoms with Crippen molar-refractivity contribution < 1.29 is 23.9 Å². The predicted octanol–water partition coefficient (Wildman–Crippen LogP) is 0.843. The van der Waals surface area contributed by atoms with Crippen LogP contribution in [0.1, 0.15) is 12.8 Å². The van der Waals surface area contributed by atoms with Gasteiger partial charge in [0, 0.05) is 25.7 Å². The second-order valence-electron chi connectivity index (χ2n) is 5.36. The van der Waals surface area contributed by atoms with E-state index < -0.39 is 11.9 Å². The Morgan fingerprint density at radius 2 is 1.92 bits per heavy atom. The van der Waals surface area contributed by atoms with Crippen molar-refractivity contribution >= 4 is 29.5 Å². The van der Waals surface area contributed by atoms with E-state index in [1.54, 1.807) is 31.3 Å². The molecule has 0 unspecified atom stereocenters. The molecule has 1 saturated heterocycles. The maximum absolute atomic E-state index is 11.6. The van der Waals surface area contributed by atoms with Crippen molar-refractivity contribution in [3.63, 3.8) is 0 Å². The number of hydrogen-bond acceptors (Lipinski definition) is 5. The zero-order chi connectivity index (χ0) is 17.5. The van der Waals surface area contributed by atoms with Crippen molar-refractivity contribution in [3.8, 4) is 0 Å². The number of carbonyl (C=O) groups is 4. The number of nitrogens with zero attached hydrogens (tertiary/aromatic N) is 2. The first-order valence-corrected chi connectivity index (χ1v) is 7.53. The predicted molar refractivity (Wildman–Crippen MR) is 85.0 cm³/mol. The van der Waals surface area contributed by atoms with Gasteiger partial charge in [-0.05, 0) is 18.6 Å². The lowest BCUT2D eigenvalue weighted by molar-refractivity contribution is -0.147. The van der Waals surface area contributed by atoms with Gasteiger partial charge in [0.1, 0.15) is 6.54 Å². The molecule has 0 spiro atoms. The van der Waals surface area contributed by atoms with Crippen LogP contribution >= 0.6 is 0 Å². The molecule has 2 rings (SSSR count). The van der Waals surface area contributed by atoms with Gasteiger partial charge in [0.15, 0.2) is 6.61 Å². The van der Waals surface area contributed by atoms with Gasteiger partial charge in [-0.1, -0.05) is 18.2 Å². The van der Waals surface area contributed by atoms with E-state index >= 15 is 0 Å². The zero-order valence-corrected chi connectivity index (χ0v) is 13.4. The van der Waals surface area contributed by atoms with Crippen LogP contribution in [0.2, 0.25) is 0 Å². The van der Waals surface area contributed by atoms with E-state index in [-0.39, 0.29) is 38.1 Å². The maximum atomic E-state index is 11.6. The highest BCUT2D eigenvalue weighted by Crippen LogP contribution is 2.09. The molecule has 128 valence electrons. The highest BCUT2D eigenvalue weighted by molar-refractivity contribution is 6.01. The van der Waals surface area contributed by atoms with Crippen molar-refractivity contribution in [1.29, 1.82) is 0 Å². The van der Waals surface area contributed by atoms with Gasteiger partial charge in [-0.3, -0.25) is 19.3 Å². The summed E-state index contributed by atoms with van der Waals surface area (Å²) in [5, 5.41) is 2.60. The molecule has 1 aromatic rings. The molecular weight excluding hydrogens is 314 g/mol.